The van der Waals surface area contributed by atoms with E-state index in [0.29, 0.717) is 6.04 Å². The van der Waals surface area contributed by atoms with Crippen LogP contribution in [0.2, 0.25) is 0 Å². The van der Waals surface area contributed by atoms with Crippen molar-refractivity contribution in [2.45, 2.75) is 52.1 Å². The van der Waals surface area contributed by atoms with Crippen molar-refractivity contribution in [3.05, 3.63) is 29.7 Å². The Balaban J connectivity index is 1.40. The van der Waals surface area contributed by atoms with Crippen LogP contribution in [0.1, 0.15) is 43.9 Å². The van der Waals surface area contributed by atoms with E-state index in [4.69, 9.17) is 0 Å². The van der Waals surface area contributed by atoms with Gasteiger partial charge >= 0.3 is 0 Å². The first kappa shape index (κ1) is 13.3. The molecule has 4 nitrogen and oxygen atoms in total. The van der Waals surface area contributed by atoms with Crippen LogP contribution >= 0.6 is 0 Å². The Morgan fingerprint density at radius 3 is 3.05 bits per heavy atom. The van der Waals surface area contributed by atoms with Gasteiger partial charge in [0.25, 0.3) is 0 Å². The maximum atomic E-state index is 4.48. The van der Waals surface area contributed by atoms with E-state index >= 15 is 0 Å². The molecule has 0 amide bonds. The molecular formula is C17H24N4. The molecule has 2 bridgehead atoms. The van der Waals surface area contributed by atoms with Gasteiger partial charge in [0.2, 0.25) is 0 Å². The van der Waals surface area contributed by atoms with Gasteiger partial charge in [-0.3, -0.25) is 0 Å². The first-order valence-corrected chi connectivity index (χ1v) is 8.23. The lowest BCUT2D eigenvalue weighted by atomic mass is 9.84. The van der Waals surface area contributed by atoms with Crippen molar-refractivity contribution < 1.29 is 0 Å². The zero-order valence-corrected chi connectivity index (χ0v) is 12.9. The van der Waals surface area contributed by atoms with E-state index in [0.717, 1.165) is 35.6 Å². The molecule has 0 saturated heterocycles. The molecule has 112 valence electrons. The highest BCUT2D eigenvalue weighted by Gasteiger charge is 2.41. The number of aromatic nitrogens is 3. The fourth-order valence-corrected chi connectivity index (χ4v) is 4.46. The molecule has 2 saturated carbocycles. The average Bonchev–Trinajstić information content (AvgIpc) is 3.17. The quantitative estimate of drug-likeness (QED) is 0.938. The Bertz CT molecular complexity index is 647. The average molecular weight is 284 g/mol. The summed E-state index contributed by atoms with van der Waals surface area (Å²) in [7, 11) is 0. The van der Waals surface area contributed by atoms with Crippen molar-refractivity contribution in [2.24, 2.45) is 17.8 Å². The summed E-state index contributed by atoms with van der Waals surface area (Å²) in [5, 5.41) is 8.15. The summed E-state index contributed by atoms with van der Waals surface area (Å²) in [4.78, 5) is 4.48. The summed E-state index contributed by atoms with van der Waals surface area (Å²) in [5.41, 5.74) is 3.15. The van der Waals surface area contributed by atoms with Gasteiger partial charge in [-0.1, -0.05) is 6.42 Å². The maximum Gasteiger partial charge on any atom is 0.155 e. The lowest BCUT2D eigenvalue weighted by Gasteiger charge is -2.28. The third-order valence-electron chi connectivity index (χ3n) is 5.55. The summed E-state index contributed by atoms with van der Waals surface area (Å²) in [5.74, 6) is 2.88. The molecule has 0 spiro atoms. The van der Waals surface area contributed by atoms with E-state index < -0.39 is 0 Å². The Hall–Kier alpha value is -1.42. The molecule has 21 heavy (non-hydrogen) atoms. The van der Waals surface area contributed by atoms with Gasteiger partial charge in [0.05, 0.1) is 5.69 Å². The molecule has 2 aromatic heterocycles. The van der Waals surface area contributed by atoms with E-state index in [1.807, 2.05) is 23.7 Å². The Labute approximate surface area is 126 Å². The second kappa shape index (κ2) is 5.09. The van der Waals surface area contributed by atoms with E-state index in [1.165, 1.54) is 31.2 Å². The summed E-state index contributed by atoms with van der Waals surface area (Å²) < 4.78 is 1.88. The van der Waals surface area contributed by atoms with Crippen molar-refractivity contribution >= 4 is 5.65 Å². The number of aryl methyl sites for hydroxylation is 1. The summed E-state index contributed by atoms with van der Waals surface area (Å²) >= 11 is 0. The van der Waals surface area contributed by atoms with Gasteiger partial charge in [0.1, 0.15) is 0 Å². The minimum absolute atomic E-state index is 0.607. The van der Waals surface area contributed by atoms with Crippen LogP contribution in [0.25, 0.3) is 5.65 Å². The van der Waals surface area contributed by atoms with Crippen molar-refractivity contribution in [1.29, 1.82) is 0 Å². The molecule has 4 rings (SSSR count). The first-order chi connectivity index (χ1) is 10.2. The number of nitrogens with one attached hydrogen (secondary N) is 1. The second-order valence-electron chi connectivity index (χ2n) is 7.06. The number of nitrogens with zero attached hydrogens (tertiary/aromatic N) is 3. The summed E-state index contributed by atoms with van der Waals surface area (Å²) in [6.45, 7) is 5.25. The predicted molar refractivity (Wildman–Crippen MR) is 83.0 cm³/mol. The third-order valence-corrected chi connectivity index (χ3v) is 5.55. The standard InChI is InChI=1S/C17H24N4/c1-11-5-17-19-9-14(10-21(17)20-11)8-18-12(2)16-7-13-3-4-15(16)6-13/h5,9-10,12-13,15-16,18H,3-4,6-8H2,1-2H3. The number of hydrogen-bond acceptors (Lipinski definition) is 3. The van der Waals surface area contributed by atoms with Crippen LogP contribution in [0.3, 0.4) is 0 Å². The van der Waals surface area contributed by atoms with E-state index in [2.05, 4.69) is 28.5 Å². The smallest absolute Gasteiger partial charge is 0.155 e. The van der Waals surface area contributed by atoms with Crippen LogP contribution in [0.4, 0.5) is 0 Å². The van der Waals surface area contributed by atoms with Crippen LogP contribution in [0.5, 0.6) is 0 Å². The predicted octanol–water partition coefficient (Wildman–Crippen LogP) is 2.95. The minimum Gasteiger partial charge on any atom is -0.310 e. The van der Waals surface area contributed by atoms with Crippen molar-refractivity contribution in [1.82, 2.24) is 19.9 Å². The highest BCUT2D eigenvalue weighted by Crippen LogP contribution is 2.49. The molecule has 2 aromatic rings. The lowest BCUT2D eigenvalue weighted by molar-refractivity contribution is 0.259. The van der Waals surface area contributed by atoms with Gasteiger partial charge in [-0.2, -0.15) is 5.10 Å². The van der Waals surface area contributed by atoms with Crippen LogP contribution in [-0.4, -0.2) is 20.6 Å². The summed E-state index contributed by atoms with van der Waals surface area (Å²) in [6, 6.07) is 2.62. The maximum absolute atomic E-state index is 4.48. The number of fused-ring (bicyclic) bond motifs is 3. The van der Waals surface area contributed by atoms with Gasteiger partial charge in [-0.25, -0.2) is 9.50 Å². The third kappa shape index (κ3) is 2.46. The minimum atomic E-state index is 0.607. The van der Waals surface area contributed by atoms with Crippen LogP contribution in [0.15, 0.2) is 18.5 Å². The molecule has 4 heteroatoms. The fourth-order valence-electron chi connectivity index (χ4n) is 4.46. The molecule has 4 unspecified atom stereocenters. The molecular weight excluding hydrogens is 260 g/mol. The van der Waals surface area contributed by atoms with Crippen molar-refractivity contribution in [3.63, 3.8) is 0 Å². The zero-order valence-electron chi connectivity index (χ0n) is 12.9. The molecule has 4 atom stereocenters. The Kier molecular flexibility index (Phi) is 3.21. The van der Waals surface area contributed by atoms with E-state index in [9.17, 15) is 0 Å². The fraction of sp³-hybridized carbons (Fsp3) is 0.647. The lowest BCUT2D eigenvalue weighted by Crippen LogP contribution is -2.35. The van der Waals surface area contributed by atoms with Gasteiger partial charge in [0, 0.05) is 36.6 Å². The molecule has 2 heterocycles. The Morgan fingerprint density at radius 1 is 1.38 bits per heavy atom. The molecule has 2 fully saturated rings. The molecule has 0 aliphatic heterocycles. The van der Waals surface area contributed by atoms with Gasteiger partial charge in [-0.05, 0) is 50.9 Å². The topological polar surface area (TPSA) is 42.2 Å². The van der Waals surface area contributed by atoms with Crippen molar-refractivity contribution in [2.75, 3.05) is 0 Å². The molecule has 0 radical (unpaired) electrons. The number of rotatable bonds is 4. The summed E-state index contributed by atoms with van der Waals surface area (Å²) in [6.07, 6.45) is 9.92. The van der Waals surface area contributed by atoms with Crippen LogP contribution in [0, 0.1) is 24.7 Å². The molecule has 1 N–H and O–H groups in total. The highest BCUT2D eigenvalue weighted by molar-refractivity contribution is 5.38. The van der Waals surface area contributed by atoms with Crippen LogP contribution in [-0.2, 0) is 6.54 Å². The largest absolute Gasteiger partial charge is 0.310 e. The van der Waals surface area contributed by atoms with Gasteiger partial charge < -0.3 is 5.32 Å². The normalized spacial score (nSPS) is 29.3. The molecule has 0 aromatic carbocycles. The second-order valence-corrected chi connectivity index (χ2v) is 7.06. The van der Waals surface area contributed by atoms with Crippen LogP contribution < -0.4 is 5.32 Å². The van der Waals surface area contributed by atoms with Gasteiger partial charge in [-0.15, -0.1) is 0 Å². The van der Waals surface area contributed by atoms with E-state index in [-0.39, 0.29) is 0 Å². The Morgan fingerprint density at radius 2 is 2.29 bits per heavy atom. The van der Waals surface area contributed by atoms with Gasteiger partial charge in [0.15, 0.2) is 5.65 Å². The first-order valence-electron chi connectivity index (χ1n) is 8.23. The monoisotopic (exact) mass is 284 g/mol. The highest BCUT2D eigenvalue weighted by atomic mass is 15.2. The zero-order chi connectivity index (χ0) is 14.4. The molecule has 2 aliphatic rings. The number of hydrogen-bond donors (Lipinski definition) is 1. The van der Waals surface area contributed by atoms with E-state index in [1.54, 1.807) is 0 Å². The van der Waals surface area contributed by atoms with Crippen molar-refractivity contribution in [3.8, 4) is 0 Å². The molecule has 2 aliphatic carbocycles. The SMILES string of the molecule is Cc1cc2ncc(CNC(C)C3CC4CCC3C4)cn2n1.